The number of aromatic nitrogens is 2. The van der Waals surface area contributed by atoms with E-state index in [0.717, 1.165) is 57.1 Å². The molecule has 110 valence electrons. The molecule has 0 bridgehead atoms. The van der Waals surface area contributed by atoms with Gasteiger partial charge in [0, 0.05) is 26.7 Å². The van der Waals surface area contributed by atoms with Gasteiger partial charge in [-0.1, -0.05) is 13.0 Å². The van der Waals surface area contributed by atoms with Gasteiger partial charge in [0.05, 0.1) is 12.3 Å². The van der Waals surface area contributed by atoms with Crippen LogP contribution in [-0.2, 0) is 11.3 Å². The molecule has 2 heterocycles. The van der Waals surface area contributed by atoms with Crippen molar-refractivity contribution in [1.29, 1.82) is 0 Å². The highest BCUT2D eigenvalue weighted by Crippen LogP contribution is 2.17. The van der Waals surface area contributed by atoms with Crippen LogP contribution in [0.3, 0.4) is 0 Å². The minimum Gasteiger partial charge on any atom is -0.380 e. The summed E-state index contributed by atoms with van der Waals surface area (Å²) in [5.41, 5.74) is 2.37. The molecule has 0 aromatic carbocycles. The molecule has 20 heavy (non-hydrogen) atoms. The summed E-state index contributed by atoms with van der Waals surface area (Å²) in [7, 11) is 1.74. The number of hydrogen-bond donors (Lipinski definition) is 1. The number of nitrogens with zero attached hydrogens (tertiary/aromatic N) is 3. The molecule has 1 aliphatic heterocycles. The van der Waals surface area contributed by atoms with E-state index in [1.807, 2.05) is 0 Å². The standard InChI is InChI=1S/C15H24N4O/c1-3-8-16-11-14-4-5-15(18-17-14)19-9-6-13(7-10-19)12-20-2/h4-6,16H,3,7-12H2,1-2H3. The average Bonchev–Trinajstić information content (AvgIpc) is 2.49. The summed E-state index contributed by atoms with van der Waals surface area (Å²) in [6.07, 6.45) is 4.40. The maximum Gasteiger partial charge on any atom is 0.151 e. The Balaban J connectivity index is 1.87. The fourth-order valence-corrected chi connectivity index (χ4v) is 2.24. The molecule has 1 aromatic rings. The number of rotatable bonds is 7. The number of ether oxygens (including phenoxy) is 1. The summed E-state index contributed by atoms with van der Waals surface area (Å²) < 4.78 is 5.16. The Bertz CT molecular complexity index is 430. The van der Waals surface area contributed by atoms with E-state index in [0.29, 0.717) is 0 Å². The fraction of sp³-hybridized carbons (Fsp3) is 0.600. The maximum absolute atomic E-state index is 5.16. The molecule has 5 heteroatoms. The lowest BCUT2D eigenvalue weighted by atomic mass is 10.1. The minimum atomic E-state index is 0.738. The Kier molecular flexibility index (Phi) is 5.95. The Hall–Kier alpha value is -1.46. The van der Waals surface area contributed by atoms with Crippen LogP contribution in [-0.4, -0.2) is 43.5 Å². The van der Waals surface area contributed by atoms with Crippen LogP contribution in [0.2, 0.25) is 0 Å². The molecule has 0 amide bonds. The second-order valence-corrected chi connectivity index (χ2v) is 5.05. The Morgan fingerprint density at radius 3 is 2.85 bits per heavy atom. The van der Waals surface area contributed by atoms with Crippen LogP contribution >= 0.6 is 0 Å². The Labute approximate surface area is 121 Å². The van der Waals surface area contributed by atoms with Gasteiger partial charge in [-0.25, -0.2) is 0 Å². The molecule has 5 nitrogen and oxygen atoms in total. The smallest absolute Gasteiger partial charge is 0.151 e. The van der Waals surface area contributed by atoms with Crippen LogP contribution in [0.4, 0.5) is 5.82 Å². The Morgan fingerprint density at radius 2 is 2.25 bits per heavy atom. The molecule has 0 spiro atoms. The predicted octanol–water partition coefficient (Wildman–Crippen LogP) is 1.76. The number of nitrogens with one attached hydrogen (secondary N) is 1. The molecular formula is C15H24N4O. The van der Waals surface area contributed by atoms with Crippen LogP contribution in [0.25, 0.3) is 0 Å². The first kappa shape index (κ1) is 14.9. The van der Waals surface area contributed by atoms with E-state index < -0.39 is 0 Å². The molecule has 0 fully saturated rings. The molecule has 1 aliphatic rings. The van der Waals surface area contributed by atoms with Gasteiger partial charge < -0.3 is 15.0 Å². The first-order valence-electron chi connectivity index (χ1n) is 7.28. The highest BCUT2D eigenvalue weighted by Gasteiger charge is 2.13. The zero-order valence-electron chi connectivity index (χ0n) is 12.4. The highest BCUT2D eigenvalue weighted by atomic mass is 16.5. The third-order valence-corrected chi connectivity index (χ3v) is 3.40. The van der Waals surface area contributed by atoms with Gasteiger partial charge >= 0.3 is 0 Å². The molecular weight excluding hydrogens is 252 g/mol. The van der Waals surface area contributed by atoms with Crippen LogP contribution in [0.5, 0.6) is 0 Å². The summed E-state index contributed by atoms with van der Waals surface area (Å²) in [6, 6.07) is 4.12. The lowest BCUT2D eigenvalue weighted by Gasteiger charge is -2.26. The summed E-state index contributed by atoms with van der Waals surface area (Å²) in [5, 5.41) is 11.9. The SMILES string of the molecule is CCCNCc1ccc(N2CC=C(COC)CC2)nn1. The molecule has 0 unspecified atom stereocenters. The molecule has 0 aliphatic carbocycles. The van der Waals surface area contributed by atoms with Crippen molar-refractivity contribution >= 4 is 5.82 Å². The second kappa shape index (κ2) is 7.97. The highest BCUT2D eigenvalue weighted by molar-refractivity contribution is 5.40. The van der Waals surface area contributed by atoms with E-state index in [-0.39, 0.29) is 0 Å². The molecule has 2 rings (SSSR count). The molecule has 1 aromatic heterocycles. The minimum absolute atomic E-state index is 0.738. The van der Waals surface area contributed by atoms with Crippen molar-refractivity contribution in [3.63, 3.8) is 0 Å². The predicted molar refractivity (Wildman–Crippen MR) is 80.8 cm³/mol. The van der Waals surface area contributed by atoms with Crippen LogP contribution in [0, 0.1) is 0 Å². The van der Waals surface area contributed by atoms with Crippen LogP contribution < -0.4 is 10.2 Å². The zero-order valence-corrected chi connectivity index (χ0v) is 12.4. The van der Waals surface area contributed by atoms with Gasteiger partial charge in [-0.2, -0.15) is 5.10 Å². The molecule has 0 saturated carbocycles. The number of anilines is 1. The van der Waals surface area contributed by atoms with E-state index >= 15 is 0 Å². The van der Waals surface area contributed by atoms with Crippen molar-refractivity contribution in [2.75, 3.05) is 38.3 Å². The van der Waals surface area contributed by atoms with Gasteiger partial charge in [0.25, 0.3) is 0 Å². The van der Waals surface area contributed by atoms with Gasteiger partial charge in [-0.15, -0.1) is 5.10 Å². The van der Waals surface area contributed by atoms with E-state index in [2.05, 4.69) is 45.5 Å². The van der Waals surface area contributed by atoms with Gasteiger partial charge in [0.15, 0.2) is 5.82 Å². The fourth-order valence-electron chi connectivity index (χ4n) is 2.24. The number of hydrogen-bond acceptors (Lipinski definition) is 5. The van der Waals surface area contributed by atoms with Crippen molar-refractivity contribution in [3.8, 4) is 0 Å². The lowest BCUT2D eigenvalue weighted by molar-refractivity contribution is 0.222. The third-order valence-electron chi connectivity index (χ3n) is 3.40. The van der Waals surface area contributed by atoms with E-state index in [1.54, 1.807) is 7.11 Å². The molecule has 0 atom stereocenters. The maximum atomic E-state index is 5.16. The van der Waals surface area contributed by atoms with E-state index in [9.17, 15) is 0 Å². The topological polar surface area (TPSA) is 50.3 Å². The van der Waals surface area contributed by atoms with Gasteiger partial charge in [-0.3, -0.25) is 0 Å². The quantitative estimate of drug-likeness (QED) is 0.607. The molecule has 0 saturated heterocycles. The second-order valence-electron chi connectivity index (χ2n) is 5.05. The Morgan fingerprint density at radius 1 is 1.35 bits per heavy atom. The number of methoxy groups -OCH3 is 1. The van der Waals surface area contributed by atoms with Crippen molar-refractivity contribution in [1.82, 2.24) is 15.5 Å². The van der Waals surface area contributed by atoms with Gasteiger partial charge in [0.1, 0.15) is 0 Å². The van der Waals surface area contributed by atoms with Crippen LogP contribution in [0.1, 0.15) is 25.5 Å². The zero-order chi connectivity index (χ0) is 14.2. The summed E-state index contributed by atoms with van der Waals surface area (Å²) in [5.74, 6) is 0.956. The summed E-state index contributed by atoms with van der Waals surface area (Å²) >= 11 is 0. The van der Waals surface area contributed by atoms with Crippen LogP contribution in [0.15, 0.2) is 23.8 Å². The average molecular weight is 276 g/mol. The van der Waals surface area contributed by atoms with Crippen molar-refractivity contribution in [2.24, 2.45) is 0 Å². The van der Waals surface area contributed by atoms with Crippen molar-refractivity contribution in [3.05, 3.63) is 29.5 Å². The van der Waals surface area contributed by atoms with Gasteiger partial charge in [0.2, 0.25) is 0 Å². The van der Waals surface area contributed by atoms with Gasteiger partial charge in [-0.05, 0) is 37.1 Å². The summed E-state index contributed by atoms with van der Waals surface area (Å²) in [6.45, 7) is 6.57. The molecule has 0 radical (unpaired) electrons. The molecule has 1 N–H and O–H groups in total. The first-order valence-corrected chi connectivity index (χ1v) is 7.28. The monoisotopic (exact) mass is 276 g/mol. The van der Waals surface area contributed by atoms with Crippen molar-refractivity contribution < 1.29 is 4.74 Å². The first-order chi connectivity index (χ1) is 9.83. The largest absolute Gasteiger partial charge is 0.380 e. The summed E-state index contributed by atoms with van der Waals surface area (Å²) in [4.78, 5) is 2.25. The third kappa shape index (κ3) is 4.28. The van der Waals surface area contributed by atoms with E-state index in [1.165, 1.54) is 5.57 Å². The normalized spacial score (nSPS) is 15.3. The van der Waals surface area contributed by atoms with Crippen molar-refractivity contribution in [2.45, 2.75) is 26.3 Å². The lowest BCUT2D eigenvalue weighted by Crippen LogP contribution is -2.30. The van der Waals surface area contributed by atoms with E-state index in [4.69, 9.17) is 4.74 Å².